The third kappa shape index (κ3) is 4.30. The van der Waals surface area contributed by atoms with Crippen LogP contribution in [0, 0.1) is 10.1 Å². The predicted molar refractivity (Wildman–Crippen MR) is 115 cm³/mol. The monoisotopic (exact) mass is 400 g/mol. The molecule has 0 radical (unpaired) electrons. The fourth-order valence-electron chi connectivity index (χ4n) is 2.84. The largest absolute Gasteiger partial charge is 0.323 e. The van der Waals surface area contributed by atoms with Crippen LogP contribution < -0.4 is 10.6 Å². The number of hydrogen-bond acceptors (Lipinski definition) is 5. The van der Waals surface area contributed by atoms with Crippen molar-refractivity contribution in [3.05, 3.63) is 88.4 Å². The molecule has 4 rings (SSSR count). The molecule has 2 amide bonds. The van der Waals surface area contributed by atoms with Gasteiger partial charge < -0.3 is 10.6 Å². The topological polar surface area (TPSA) is 126 Å². The summed E-state index contributed by atoms with van der Waals surface area (Å²) in [6, 6.07) is 16.2. The van der Waals surface area contributed by atoms with E-state index in [0.29, 0.717) is 11.4 Å². The summed E-state index contributed by atoms with van der Waals surface area (Å²) in [7, 11) is 0. The molecule has 2 aromatic heterocycles. The highest BCUT2D eigenvalue weighted by molar-refractivity contribution is 6.01. The number of anilines is 2. The Labute approximate surface area is 170 Å². The number of hydrogen-bond donors (Lipinski definition) is 3. The highest BCUT2D eigenvalue weighted by atomic mass is 16.6. The number of nitro benzene ring substituents is 1. The van der Waals surface area contributed by atoms with Crippen molar-refractivity contribution in [3.8, 4) is 0 Å². The number of carbonyl (C=O) groups is 1. The number of rotatable bonds is 5. The van der Waals surface area contributed by atoms with Gasteiger partial charge in [-0.15, -0.1) is 0 Å². The minimum atomic E-state index is -0.497. The molecule has 9 nitrogen and oxygen atoms in total. The van der Waals surface area contributed by atoms with Crippen LogP contribution in [-0.2, 0) is 0 Å². The second-order valence-electron chi connectivity index (χ2n) is 6.34. The summed E-state index contributed by atoms with van der Waals surface area (Å²) < 4.78 is 0. The number of urea groups is 1. The second-order valence-corrected chi connectivity index (χ2v) is 6.34. The van der Waals surface area contributed by atoms with Gasteiger partial charge in [-0.05, 0) is 54.6 Å². The lowest BCUT2D eigenvalue weighted by atomic mass is 10.1. The van der Waals surface area contributed by atoms with Crippen molar-refractivity contribution in [2.24, 2.45) is 0 Å². The Bertz CT molecular complexity index is 1230. The summed E-state index contributed by atoms with van der Waals surface area (Å²) in [6.45, 7) is 0. The summed E-state index contributed by atoms with van der Waals surface area (Å²) in [5.41, 5.74) is 3.34. The Morgan fingerprint density at radius 2 is 1.77 bits per heavy atom. The molecule has 0 saturated carbocycles. The number of fused-ring (bicyclic) bond motifs is 1. The van der Waals surface area contributed by atoms with Gasteiger partial charge in [-0.1, -0.05) is 6.07 Å². The smallest absolute Gasteiger partial charge is 0.308 e. The van der Waals surface area contributed by atoms with Crippen LogP contribution in [0.1, 0.15) is 11.4 Å². The first-order valence-electron chi connectivity index (χ1n) is 8.98. The Balaban J connectivity index is 1.44. The summed E-state index contributed by atoms with van der Waals surface area (Å²) in [6.07, 6.45) is 5.47. The molecule has 2 aromatic carbocycles. The standard InChI is InChI=1S/C21H16N6O3/c28-21(23-15-4-8-17(9-5-15)27(29)30)24-16-6-10-18-19(25-26-20(18)13-16)11-7-14-3-1-2-12-22-14/h1-13H,(H,25,26)(H2,23,24,28)/b11-7+. The highest BCUT2D eigenvalue weighted by Crippen LogP contribution is 2.22. The van der Waals surface area contributed by atoms with Crippen LogP contribution in [0.2, 0.25) is 0 Å². The summed E-state index contributed by atoms with van der Waals surface area (Å²) in [4.78, 5) is 26.6. The zero-order valence-electron chi connectivity index (χ0n) is 15.6. The summed E-state index contributed by atoms with van der Waals surface area (Å²) in [5, 5.41) is 24.2. The fourth-order valence-corrected chi connectivity index (χ4v) is 2.84. The van der Waals surface area contributed by atoms with E-state index in [1.807, 2.05) is 36.4 Å². The van der Waals surface area contributed by atoms with Crippen molar-refractivity contribution >= 4 is 46.1 Å². The SMILES string of the molecule is O=C(Nc1ccc([N+](=O)[O-])cc1)Nc1ccc2c(/C=C/c3ccccn3)n[nH]c2c1. The molecule has 0 bridgehead atoms. The number of nitro groups is 1. The zero-order valence-corrected chi connectivity index (χ0v) is 15.6. The molecular weight excluding hydrogens is 384 g/mol. The predicted octanol–water partition coefficient (Wildman–Crippen LogP) is 4.68. The van der Waals surface area contributed by atoms with E-state index in [1.54, 1.807) is 18.3 Å². The van der Waals surface area contributed by atoms with Gasteiger partial charge in [0.25, 0.3) is 5.69 Å². The number of nitrogens with one attached hydrogen (secondary N) is 3. The van der Waals surface area contributed by atoms with Gasteiger partial charge in [0, 0.05) is 35.1 Å². The van der Waals surface area contributed by atoms with Crippen molar-refractivity contribution in [2.45, 2.75) is 0 Å². The number of carbonyl (C=O) groups excluding carboxylic acids is 1. The number of non-ortho nitro benzene ring substituents is 1. The van der Waals surface area contributed by atoms with Crippen molar-refractivity contribution in [1.82, 2.24) is 15.2 Å². The molecule has 0 spiro atoms. The second kappa shape index (κ2) is 8.23. The molecule has 3 N–H and O–H groups in total. The third-order valence-corrected chi connectivity index (χ3v) is 4.29. The Morgan fingerprint density at radius 3 is 2.50 bits per heavy atom. The van der Waals surface area contributed by atoms with E-state index >= 15 is 0 Å². The lowest BCUT2D eigenvalue weighted by Crippen LogP contribution is -2.19. The van der Waals surface area contributed by atoms with E-state index in [-0.39, 0.29) is 5.69 Å². The average Bonchev–Trinajstić information content (AvgIpc) is 3.15. The first-order valence-corrected chi connectivity index (χ1v) is 8.98. The van der Waals surface area contributed by atoms with Gasteiger partial charge in [0.1, 0.15) is 0 Å². The molecule has 4 aromatic rings. The van der Waals surface area contributed by atoms with Crippen LogP contribution in [0.5, 0.6) is 0 Å². The molecule has 0 saturated heterocycles. The summed E-state index contributed by atoms with van der Waals surface area (Å²) in [5.74, 6) is 0. The van der Waals surface area contributed by atoms with Crippen molar-refractivity contribution in [3.63, 3.8) is 0 Å². The van der Waals surface area contributed by atoms with Gasteiger partial charge in [0.2, 0.25) is 0 Å². The van der Waals surface area contributed by atoms with E-state index in [1.165, 1.54) is 24.3 Å². The summed E-state index contributed by atoms with van der Waals surface area (Å²) >= 11 is 0. The number of H-pyrrole nitrogens is 1. The minimum absolute atomic E-state index is 0.0430. The van der Waals surface area contributed by atoms with Gasteiger partial charge in [0.15, 0.2) is 0 Å². The molecule has 30 heavy (non-hydrogen) atoms. The molecule has 0 fully saturated rings. The Hall–Kier alpha value is -4.53. The molecule has 0 aliphatic rings. The lowest BCUT2D eigenvalue weighted by Gasteiger charge is -2.07. The van der Waals surface area contributed by atoms with Crippen LogP contribution in [0.25, 0.3) is 23.1 Å². The van der Waals surface area contributed by atoms with Crippen LogP contribution in [0.3, 0.4) is 0 Å². The maximum absolute atomic E-state index is 12.2. The van der Waals surface area contributed by atoms with Crippen LogP contribution in [0.4, 0.5) is 21.9 Å². The molecule has 0 aliphatic heterocycles. The fraction of sp³-hybridized carbons (Fsp3) is 0. The number of aromatic amines is 1. The molecule has 9 heteroatoms. The number of benzene rings is 2. The Morgan fingerprint density at radius 1 is 1.00 bits per heavy atom. The Kier molecular flexibility index (Phi) is 5.16. The van der Waals surface area contributed by atoms with E-state index in [0.717, 1.165) is 22.3 Å². The molecule has 0 aliphatic carbocycles. The van der Waals surface area contributed by atoms with Crippen molar-refractivity contribution in [2.75, 3.05) is 10.6 Å². The minimum Gasteiger partial charge on any atom is -0.308 e. The zero-order chi connectivity index (χ0) is 20.9. The number of amides is 2. The normalized spacial score (nSPS) is 10.9. The first-order chi connectivity index (χ1) is 14.6. The van der Waals surface area contributed by atoms with E-state index in [9.17, 15) is 14.9 Å². The van der Waals surface area contributed by atoms with Gasteiger partial charge in [-0.25, -0.2) is 4.79 Å². The van der Waals surface area contributed by atoms with Crippen LogP contribution in [0.15, 0.2) is 66.9 Å². The molecule has 0 atom stereocenters. The maximum Gasteiger partial charge on any atom is 0.323 e. The average molecular weight is 400 g/mol. The molecular formula is C21H16N6O3. The van der Waals surface area contributed by atoms with E-state index < -0.39 is 11.0 Å². The highest BCUT2D eigenvalue weighted by Gasteiger charge is 2.08. The quantitative estimate of drug-likeness (QED) is 0.331. The van der Waals surface area contributed by atoms with Crippen molar-refractivity contribution in [1.29, 1.82) is 0 Å². The van der Waals surface area contributed by atoms with Crippen molar-refractivity contribution < 1.29 is 9.72 Å². The van der Waals surface area contributed by atoms with Crippen LogP contribution >= 0.6 is 0 Å². The van der Waals surface area contributed by atoms with Gasteiger partial charge in [0.05, 0.1) is 21.8 Å². The van der Waals surface area contributed by atoms with Gasteiger partial charge in [-0.2, -0.15) is 5.10 Å². The van der Waals surface area contributed by atoms with Gasteiger partial charge in [-0.3, -0.25) is 20.2 Å². The number of pyridine rings is 1. The van der Waals surface area contributed by atoms with Crippen LogP contribution in [-0.4, -0.2) is 26.1 Å². The molecule has 2 heterocycles. The molecule has 0 unspecified atom stereocenters. The molecule has 148 valence electrons. The number of nitrogens with zero attached hydrogens (tertiary/aromatic N) is 3. The van der Waals surface area contributed by atoms with E-state index in [4.69, 9.17) is 0 Å². The lowest BCUT2D eigenvalue weighted by molar-refractivity contribution is -0.384. The van der Waals surface area contributed by atoms with E-state index in [2.05, 4.69) is 25.8 Å². The van der Waals surface area contributed by atoms with Gasteiger partial charge >= 0.3 is 6.03 Å². The first kappa shape index (κ1) is 18.8. The third-order valence-electron chi connectivity index (χ3n) is 4.29. The maximum atomic E-state index is 12.2. The number of aromatic nitrogens is 3.